The lowest BCUT2D eigenvalue weighted by atomic mass is 10.1. The van der Waals surface area contributed by atoms with E-state index in [0.29, 0.717) is 25.2 Å². The molecule has 3 aromatic rings. The van der Waals surface area contributed by atoms with Crippen molar-refractivity contribution in [3.05, 3.63) is 83.2 Å². The lowest BCUT2D eigenvalue weighted by molar-refractivity contribution is -0.128. The molecule has 6 heteroatoms. The van der Waals surface area contributed by atoms with Gasteiger partial charge in [0.1, 0.15) is 0 Å². The second-order valence-corrected chi connectivity index (χ2v) is 7.34. The van der Waals surface area contributed by atoms with Crippen LogP contribution in [0.25, 0.3) is 5.69 Å². The van der Waals surface area contributed by atoms with Crippen LogP contribution in [0.15, 0.2) is 60.7 Å². The third kappa shape index (κ3) is 4.37. The number of hydrogen-bond acceptors (Lipinski definition) is 3. The lowest BCUT2D eigenvalue weighted by Crippen LogP contribution is -2.24. The van der Waals surface area contributed by atoms with Gasteiger partial charge < -0.3 is 10.2 Å². The number of likely N-dealkylation sites (tertiary alicyclic amines) is 1. The van der Waals surface area contributed by atoms with Crippen LogP contribution in [0.1, 0.15) is 40.2 Å². The Morgan fingerprint density at radius 3 is 2.48 bits per heavy atom. The molecule has 1 aliphatic heterocycles. The largest absolute Gasteiger partial charge is 0.347 e. The zero-order valence-corrected chi connectivity index (χ0v) is 16.5. The summed E-state index contributed by atoms with van der Waals surface area (Å²) in [4.78, 5) is 26.2. The average Bonchev–Trinajstić information content (AvgIpc) is 3.33. The molecule has 148 valence electrons. The van der Waals surface area contributed by atoms with E-state index in [9.17, 15) is 9.59 Å². The summed E-state index contributed by atoms with van der Waals surface area (Å²) in [5.41, 5.74) is 4.34. The molecule has 0 saturated carbocycles. The first-order chi connectivity index (χ1) is 14.1. The normalized spacial score (nSPS) is 13.7. The number of nitrogens with zero attached hydrogens (tertiary/aromatic N) is 3. The number of benzene rings is 2. The quantitative estimate of drug-likeness (QED) is 0.705. The van der Waals surface area contributed by atoms with Gasteiger partial charge >= 0.3 is 0 Å². The number of nitrogens with one attached hydrogen (secondary N) is 1. The number of aryl methyl sites for hydroxylation is 1. The molecule has 0 radical (unpaired) electrons. The van der Waals surface area contributed by atoms with Gasteiger partial charge in [-0.05, 0) is 42.7 Å². The maximum absolute atomic E-state index is 12.5. The summed E-state index contributed by atoms with van der Waals surface area (Å²) in [6.07, 6.45) is 1.60. The summed E-state index contributed by atoms with van der Waals surface area (Å²) in [6.45, 7) is 3.85. The smallest absolute Gasteiger partial charge is 0.272 e. The number of carbonyl (C=O) groups excluding carboxylic acids is 2. The summed E-state index contributed by atoms with van der Waals surface area (Å²) in [5, 5.41) is 7.37. The van der Waals surface area contributed by atoms with Crippen molar-refractivity contribution in [2.24, 2.45) is 0 Å². The topological polar surface area (TPSA) is 67.2 Å². The van der Waals surface area contributed by atoms with Gasteiger partial charge in [0, 0.05) is 31.7 Å². The van der Waals surface area contributed by atoms with E-state index in [0.717, 1.165) is 35.5 Å². The van der Waals surface area contributed by atoms with Crippen LogP contribution >= 0.6 is 0 Å². The second-order valence-electron chi connectivity index (χ2n) is 7.34. The highest BCUT2D eigenvalue weighted by Crippen LogP contribution is 2.15. The lowest BCUT2D eigenvalue weighted by Gasteiger charge is -2.15. The van der Waals surface area contributed by atoms with Gasteiger partial charge in [-0.2, -0.15) is 5.10 Å². The highest BCUT2D eigenvalue weighted by molar-refractivity contribution is 5.92. The molecule has 1 aliphatic rings. The van der Waals surface area contributed by atoms with E-state index in [1.807, 2.05) is 66.4 Å². The fourth-order valence-electron chi connectivity index (χ4n) is 3.54. The van der Waals surface area contributed by atoms with Crippen molar-refractivity contribution in [2.75, 3.05) is 6.54 Å². The van der Waals surface area contributed by atoms with Gasteiger partial charge in [0.2, 0.25) is 5.91 Å². The Bertz CT molecular complexity index is 1010. The first-order valence-corrected chi connectivity index (χ1v) is 9.86. The fourth-order valence-corrected chi connectivity index (χ4v) is 3.54. The Morgan fingerprint density at radius 2 is 1.79 bits per heavy atom. The van der Waals surface area contributed by atoms with Gasteiger partial charge in [-0.3, -0.25) is 9.59 Å². The molecule has 0 unspecified atom stereocenters. The maximum atomic E-state index is 12.5. The van der Waals surface area contributed by atoms with E-state index in [4.69, 9.17) is 0 Å². The van der Waals surface area contributed by atoms with Crippen LogP contribution in [0.5, 0.6) is 0 Å². The highest BCUT2D eigenvalue weighted by atomic mass is 16.2. The van der Waals surface area contributed by atoms with Gasteiger partial charge in [-0.15, -0.1) is 0 Å². The van der Waals surface area contributed by atoms with Gasteiger partial charge in [0.05, 0.1) is 5.69 Å². The van der Waals surface area contributed by atoms with Gasteiger partial charge in [-0.25, -0.2) is 4.68 Å². The number of carbonyl (C=O) groups is 2. The van der Waals surface area contributed by atoms with Gasteiger partial charge in [0.25, 0.3) is 5.91 Å². The standard InChI is InChI=1S/C23H24N4O2/c1-17-14-21(25-27(17)20-6-3-2-4-7-20)23(29)24-15-18-9-11-19(12-10-18)16-26-13-5-8-22(26)28/h2-4,6-7,9-12,14H,5,8,13,15-16H2,1H3,(H,24,29). The average molecular weight is 388 g/mol. The molecule has 1 N–H and O–H groups in total. The van der Waals surface area contributed by atoms with Crippen molar-refractivity contribution >= 4 is 11.8 Å². The Balaban J connectivity index is 1.35. The molecule has 0 spiro atoms. The van der Waals surface area contributed by atoms with Crippen LogP contribution in [0.3, 0.4) is 0 Å². The van der Waals surface area contributed by atoms with Crippen molar-refractivity contribution in [2.45, 2.75) is 32.9 Å². The summed E-state index contributed by atoms with van der Waals surface area (Å²) in [5.74, 6) is 0.0288. The van der Waals surface area contributed by atoms with Crippen molar-refractivity contribution in [1.29, 1.82) is 0 Å². The number of hydrogen-bond donors (Lipinski definition) is 1. The molecule has 1 aromatic heterocycles. The monoisotopic (exact) mass is 388 g/mol. The first-order valence-electron chi connectivity index (χ1n) is 9.86. The zero-order chi connectivity index (χ0) is 20.2. The minimum absolute atomic E-state index is 0.200. The van der Waals surface area contributed by atoms with E-state index in [1.165, 1.54) is 0 Å². The van der Waals surface area contributed by atoms with Crippen molar-refractivity contribution in [3.63, 3.8) is 0 Å². The van der Waals surface area contributed by atoms with E-state index in [-0.39, 0.29) is 11.8 Å². The summed E-state index contributed by atoms with van der Waals surface area (Å²) < 4.78 is 1.77. The minimum Gasteiger partial charge on any atom is -0.347 e. The van der Waals surface area contributed by atoms with E-state index in [1.54, 1.807) is 10.7 Å². The van der Waals surface area contributed by atoms with E-state index >= 15 is 0 Å². The third-order valence-electron chi connectivity index (χ3n) is 5.14. The zero-order valence-electron chi connectivity index (χ0n) is 16.5. The molecule has 0 aliphatic carbocycles. The number of aromatic nitrogens is 2. The third-order valence-corrected chi connectivity index (χ3v) is 5.14. The number of rotatable bonds is 6. The molecule has 2 aromatic carbocycles. The molecule has 1 saturated heterocycles. The van der Waals surface area contributed by atoms with Gasteiger partial charge in [-0.1, -0.05) is 42.5 Å². The Labute approximate surface area is 170 Å². The summed E-state index contributed by atoms with van der Waals surface area (Å²) >= 11 is 0. The van der Waals surface area contributed by atoms with E-state index in [2.05, 4.69) is 10.4 Å². The predicted molar refractivity (Wildman–Crippen MR) is 111 cm³/mol. The molecule has 1 fully saturated rings. The fraction of sp³-hybridized carbons (Fsp3) is 0.261. The minimum atomic E-state index is -0.200. The van der Waals surface area contributed by atoms with Crippen LogP contribution in [0, 0.1) is 6.92 Å². The Kier molecular flexibility index (Phi) is 5.42. The van der Waals surface area contributed by atoms with Crippen molar-refractivity contribution in [1.82, 2.24) is 20.0 Å². The summed E-state index contributed by atoms with van der Waals surface area (Å²) in [6, 6.07) is 19.6. The maximum Gasteiger partial charge on any atom is 0.272 e. The molecule has 0 atom stereocenters. The molecule has 4 rings (SSSR count). The van der Waals surface area contributed by atoms with Gasteiger partial charge in [0.15, 0.2) is 5.69 Å². The first kappa shape index (κ1) is 18.9. The van der Waals surface area contributed by atoms with Crippen LogP contribution in [-0.4, -0.2) is 33.0 Å². The Hall–Kier alpha value is -3.41. The second kappa shape index (κ2) is 8.31. The van der Waals surface area contributed by atoms with Crippen molar-refractivity contribution < 1.29 is 9.59 Å². The van der Waals surface area contributed by atoms with Crippen molar-refractivity contribution in [3.8, 4) is 5.69 Å². The molecule has 2 heterocycles. The molecule has 0 bridgehead atoms. The summed E-state index contributed by atoms with van der Waals surface area (Å²) in [7, 11) is 0. The molecule has 2 amide bonds. The number of para-hydroxylation sites is 1. The van der Waals surface area contributed by atoms with Crippen LogP contribution < -0.4 is 5.32 Å². The van der Waals surface area contributed by atoms with Crippen LogP contribution in [0.2, 0.25) is 0 Å². The highest BCUT2D eigenvalue weighted by Gasteiger charge is 2.19. The number of amides is 2. The predicted octanol–water partition coefficient (Wildman–Crippen LogP) is 3.23. The molecular weight excluding hydrogens is 364 g/mol. The molecule has 6 nitrogen and oxygen atoms in total. The van der Waals surface area contributed by atoms with E-state index < -0.39 is 0 Å². The Morgan fingerprint density at radius 1 is 1.07 bits per heavy atom. The van der Waals surface area contributed by atoms with Crippen LogP contribution in [0.4, 0.5) is 0 Å². The molecular formula is C23H24N4O2. The SMILES string of the molecule is Cc1cc(C(=O)NCc2ccc(CN3CCCC3=O)cc2)nn1-c1ccccc1. The van der Waals surface area contributed by atoms with Crippen LogP contribution in [-0.2, 0) is 17.9 Å². The molecule has 29 heavy (non-hydrogen) atoms.